The van der Waals surface area contributed by atoms with Crippen LogP contribution in [0.2, 0.25) is 0 Å². The fourth-order valence-electron chi connectivity index (χ4n) is 2.61. The minimum Gasteiger partial charge on any atom is -0.497 e. The Hall–Kier alpha value is -1.06. The normalized spacial score (nSPS) is 19.3. The van der Waals surface area contributed by atoms with Crippen LogP contribution in [-0.2, 0) is 6.42 Å². The van der Waals surface area contributed by atoms with Crippen LogP contribution in [0.25, 0.3) is 0 Å². The maximum Gasteiger partial charge on any atom is 0.118 e. The molecule has 19 heavy (non-hydrogen) atoms. The number of ether oxygens (including phenoxy) is 1. The Morgan fingerprint density at radius 3 is 2.32 bits per heavy atom. The molecular weight excluding hydrogens is 236 g/mol. The average Bonchev–Trinajstić information content (AvgIpc) is 2.46. The van der Waals surface area contributed by atoms with Crippen molar-refractivity contribution in [1.29, 1.82) is 0 Å². The number of piperazine rings is 1. The van der Waals surface area contributed by atoms with E-state index in [1.807, 2.05) is 0 Å². The Bertz CT molecular complexity index is 369. The zero-order chi connectivity index (χ0) is 13.7. The summed E-state index contributed by atoms with van der Waals surface area (Å²) in [4.78, 5) is 5.02. The fourth-order valence-corrected chi connectivity index (χ4v) is 2.61. The van der Waals surface area contributed by atoms with Gasteiger partial charge in [0.25, 0.3) is 0 Å². The summed E-state index contributed by atoms with van der Waals surface area (Å²) in [6.45, 7) is 7.18. The second kappa shape index (κ2) is 6.92. The Kier molecular flexibility index (Phi) is 5.23. The molecule has 1 heterocycles. The molecule has 3 heteroatoms. The van der Waals surface area contributed by atoms with E-state index >= 15 is 0 Å². The lowest BCUT2D eigenvalue weighted by Gasteiger charge is -2.36. The first-order valence-corrected chi connectivity index (χ1v) is 7.24. The van der Waals surface area contributed by atoms with E-state index in [1.54, 1.807) is 7.11 Å². The molecule has 1 aliphatic rings. The Morgan fingerprint density at radius 2 is 1.74 bits per heavy atom. The number of methoxy groups -OCH3 is 1. The van der Waals surface area contributed by atoms with Crippen LogP contribution in [0.15, 0.2) is 24.3 Å². The number of likely N-dealkylation sites (N-methyl/N-ethyl adjacent to an activating group) is 1. The van der Waals surface area contributed by atoms with Crippen molar-refractivity contribution in [2.45, 2.75) is 25.8 Å². The molecule has 1 aromatic carbocycles. The van der Waals surface area contributed by atoms with Crippen molar-refractivity contribution in [2.24, 2.45) is 0 Å². The van der Waals surface area contributed by atoms with E-state index in [4.69, 9.17) is 4.74 Å². The monoisotopic (exact) mass is 262 g/mol. The highest BCUT2D eigenvalue weighted by Gasteiger charge is 2.18. The Balaban J connectivity index is 1.77. The lowest BCUT2D eigenvalue weighted by atomic mass is 10.0. The lowest BCUT2D eigenvalue weighted by molar-refractivity contribution is 0.115. The van der Waals surface area contributed by atoms with Crippen LogP contribution >= 0.6 is 0 Å². The molecule has 1 aliphatic heterocycles. The first-order chi connectivity index (χ1) is 9.19. The number of hydrogen-bond donors (Lipinski definition) is 0. The fraction of sp³-hybridized carbons (Fsp3) is 0.625. The van der Waals surface area contributed by atoms with E-state index in [-0.39, 0.29) is 0 Å². The van der Waals surface area contributed by atoms with Gasteiger partial charge < -0.3 is 9.64 Å². The van der Waals surface area contributed by atoms with Crippen molar-refractivity contribution in [2.75, 3.05) is 40.3 Å². The summed E-state index contributed by atoms with van der Waals surface area (Å²) in [5.41, 5.74) is 1.40. The second-order valence-electron chi connectivity index (χ2n) is 5.58. The van der Waals surface area contributed by atoms with Gasteiger partial charge in [0.2, 0.25) is 0 Å². The summed E-state index contributed by atoms with van der Waals surface area (Å²) in [5.74, 6) is 0.941. The van der Waals surface area contributed by atoms with Gasteiger partial charge in [0.1, 0.15) is 5.75 Å². The summed E-state index contributed by atoms with van der Waals surface area (Å²) in [6.07, 6.45) is 2.38. The standard InChI is InChI=1S/C16H26N2O/c1-14(18-12-10-17(2)11-13-18)4-5-15-6-8-16(19-3)9-7-15/h6-9,14H,4-5,10-13H2,1-3H3/t14-/m1/s1. The quantitative estimate of drug-likeness (QED) is 0.809. The van der Waals surface area contributed by atoms with Gasteiger partial charge in [-0.1, -0.05) is 12.1 Å². The van der Waals surface area contributed by atoms with Crippen molar-refractivity contribution >= 4 is 0 Å². The molecule has 0 aliphatic carbocycles. The molecule has 3 nitrogen and oxygen atoms in total. The first kappa shape index (κ1) is 14.4. The molecule has 1 fully saturated rings. The minimum absolute atomic E-state index is 0.677. The van der Waals surface area contributed by atoms with E-state index < -0.39 is 0 Å². The molecular formula is C16H26N2O. The highest BCUT2D eigenvalue weighted by molar-refractivity contribution is 5.27. The first-order valence-electron chi connectivity index (χ1n) is 7.24. The van der Waals surface area contributed by atoms with Crippen molar-refractivity contribution in [3.63, 3.8) is 0 Å². The van der Waals surface area contributed by atoms with E-state index in [9.17, 15) is 0 Å². The van der Waals surface area contributed by atoms with Crippen LogP contribution in [0.4, 0.5) is 0 Å². The summed E-state index contributed by atoms with van der Waals surface area (Å²) >= 11 is 0. The number of benzene rings is 1. The topological polar surface area (TPSA) is 15.7 Å². The van der Waals surface area contributed by atoms with E-state index in [2.05, 4.69) is 48.0 Å². The third-order valence-electron chi connectivity index (χ3n) is 4.17. The molecule has 0 N–H and O–H groups in total. The zero-order valence-electron chi connectivity index (χ0n) is 12.4. The van der Waals surface area contributed by atoms with Crippen LogP contribution in [0, 0.1) is 0 Å². The highest BCUT2D eigenvalue weighted by Crippen LogP contribution is 2.15. The Labute approximate surface area is 117 Å². The third kappa shape index (κ3) is 4.22. The molecule has 0 amide bonds. The van der Waals surface area contributed by atoms with Gasteiger partial charge in [-0.25, -0.2) is 0 Å². The van der Waals surface area contributed by atoms with Gasteiger partial charge in [-0.3, -0.25) is 4.90 Å². The molecule has 0 radical (unpaired) electrons. The summed E-state index contributed by atoms with van der Waals surface area (Å²) in [7, 11) is 3.92. The van der Waals surface area contributed by atoms with Crippen LogP contribution in [-0.4, -0.2) is 56.2 Å². The van der Waals surface area contributed by atoms with Gasteiger partial charge in [0.05, 0.1) is 7.11 Å². The molecule has 0 bridgehead atoms. The summed E-state index contributed by atoms with van der Waals surface area (Å²) in [5, 5.41) is 0. The molecule has 1 atom stereocenters. The van der Waals surface area contributed by atoms with Gasteiger partial charge in [-0.05, 0) is 44.5 Å². The highest BCUT2D eigenvalue weighted by atomic mass is 16.5. The van der Waals surface area contributed by atoms with Gasteiger partial charge in [0, 0.05) is 32.2 Å². The summed E-state index contributed by atoms with van der Waals surface area (Å²) in [6, 6.07) is 9.13. The van der Waals surface area contributed by atoms with Crippen LogP contribution in [0.1, 0.15) is 18.9 Å². The molecule has 0 spiro atoms. The largest absolute Gasteiger partial charge is 0.497 e. The molecule has 1 saturated heterocycles. The molecule has 0 saturated carbocycles. The van der Waals surface area contributed by atoms with Crippen LogP contribution in [0.5, 0.6) is 5.75 Å². The van der Waals surface area contributed by atoms with Crippen molar-refractivity contribution in [3.05, 3.63) is 29.8 Å². The summed E-state index contributed by atoms with van der Waals surface area (Å²) < 4.78 is 5.19. The lowest BCUT2D eigenvalue weighted by Crippen LogP contribution is -2.48. The van der Waals surface area contributed by atoms with Gasteiger partial charge >= 0.3 is 0 Å². The van der Waals surface area contributed by atoms with Crippen molar-refractivity contribution in [1.82, 2.24) is 9.80 Å². The number of rotatable bonds is 5. The number of aryl methyl sites for hydroxylation is 1. The van der Waals surface area contributed by atoms with Crippen molar-refractivity contribution in [3.8, 4) is 5.75 Å². The predicted octanol–water partition coefficient (Wildman–Crippen LogP) is 2.26. The van der Waals surface area contributed by atoms with Crippen LogP contribution in [0.3, 0.4) is 0 Å². The number of nitrogens with zero attached hydrogens (tertiary/aromatic N) is 2. The van der Waals surface area contributed by atoms with E-state index in [1.165, 1.54) is 38.2 Å². The molecule has 0 aromatic heterocycles. The molecule has 1 aromatic rings. The SMILES string of the molecule is COc1ccc(CC[C@@H](C)N2CCN(C)CC2)cc1. The van der Waals surface area contributed by atoms with Gasteiger partial charge in [0.15, 0.2) is 0 Å². The third-order valence-corrected chi connectivity index (χ3v) is 4.17. The van der Waals surface area contributed by atoms with Gasteiger partial charge in [-0.2, -0.15) is 0 Å². The molecule has 2 rings (SSSR count). The molecule has 106 valence electrons. The zero-order valence-corrected chi connectivity index (χ0v) is 12.4. The predicted molar refractivity (Wildman–Crippen MR) is 79.8 cm³/mol. The van der Waals surface area contributed by atoms with Gasteiger partial charge in [-0.15, -0.1) is 0 Å². The second-order valence-corrected chi connectivity index (χ2v) is 5.58. The minimum atomic E-state index is 0.677. The van der Waals surface area contributed by atoms with Crippen LogP contribution < -0.4 is 4.74 Å². The maximum absolute atomic E-state index is 5.19. The molecule has 0 unspecified atom stereocenters. The van der Waals surface area contributed by atoms with E-state index in [0.29, 0.717) is 6.04 Å². The average molecular weight is 262 g/mol. The van der Waals surface area contributed by atoms with Crippen molar-refractivity contribution < 1.29 is 4.74 Å². The maximum atomic E-state index is 5.19. The number of hydrogen-bond acceptors (Lipinski definition) is 3. The van der Waals surface area contributed by atoms with E-state index in [0.717, 1.165) is 12.2 Å². The Morgan fingerprint density at radius 1 is 1.11 bits per heavy atom. The smallest absolute Gasteiger partial charge is 0.118 e.